The predicted octanol–water partition coefficient (Wildman–Crippen LogP) is 4.22. The van der Waals surface area contributed by atoms with Gasteiger partial charge in [0.15, 0.2) is 6.61 Å². The Bertz CT molecular complexity index is 1040. The lowest BCUT2D eigenvalue weighted by molar-refractivity contribution is -0.123. The molecule has 7 heteroatoms. The Hall–Kier alpha value is -3.32. The molecule has 3 aromatic rings. The first-order chi connectivity index (χ1) is 15.0. The Morgan fingerprint density at radius 1 is 0.871 bits per heavy atom. The molecule has 2 amide bonds. The Balaban J connectivity index is 1.45. The molecular weight excluding hydrogens is 460 g/mol. The molecular formula is C24H23BrN2O4. The standard InChI is InChI=1S/C24H23BrN2O4/c1-17-7-5-6-10-21(17)31-16-23(28)26-27-24(29)19-11-12-22(20(25)15-19)30-14-13-18-8-3-2-4-9-18/h2-12,15H,13-14,16H2,1H3,(H,26,28)(H,27,29). The maximum atomic E-state index is 12.3. The van der Waals surface area contributed by atoms with Gasteiger partial charge in [-0.05, 0) is 58.2 Å². The zero-order valence-corrected chi connectivity index (χ0v) is 18.6. The van der Waals surface area contributed by atoms with Crippen molar-refractivity contribution in [2.45, 2.75) is 13.3 Å². The van der Waals surface area contributed by atoms with E-state index in [-0.39, 0.29) is 6.61 Å². The van der Waals surface area contributed by atoms with Crippen molar-refractivity contribution in [3.05, 3.63) is 94.0 Å². The normalized spacial score (nSPS) is 10.3. The number of nitrogens with one attached hydrogen (secondary N) is 2. The molecule has 0 fully saturated rings. The van der Waals surface area contributed by atoms with Gasteiger partial charge in [0.1, 0.15) is 11.5 Å². The Kier molecular flexibility index (Phi) is 8.06. The Morgan fingerprint density at radius 2 is 1.61 bits per heavy atom. The molecule has 0 radical (unpaired) electrons. The summed E-state index contributed by atoms with van der Waals surface area (Å²) in [5.41, 5.74) is 7.22. The van der Waals surface area contributed by atoms with E-state index in [2.05, 4.69) is 26.8 Å². The van der Waals surface area contributed by atoms with E-state index in [1.807, 2.05) is 55.5 Å². The third-order valence-electron chi connectivity index (χ3n) is 4.45. The SMILES string of the molecule is Cc1ccccc1OCC(=O)NNC(=O)c1ccc(OCCc2ccccc2)c(Br)c1. The van der Waals surface area contributed by atoms with Crippen LogP contribution in [0.2, 0.25) is 0 Å². The van der Waals surface area contributed by atoms with Gasteiger partial charge < -0.3 is 9.47 Å². The molecule has 6 nitrogen and oxygen atoms in total. The maximum absolute atomic E-state index is 12.3. The van der Waals surface area contributed by atoms with E-state index in [9.17, 15) is 9.59 Å². The van der Waals surface area contributed by atoms with Crippen molar-refractivity contribution in [1.29, 1.82) is 0 Å². The summed E-state index contributed by atoms with van der Waals surface area (Å²) in [6.45, 7) is 2.20. The first-order valence-corrected chi connectivity index (χ1v) is 10.6. The zero-order chi connectivity index (χ0) is 22.1. The average molecular weight is 483 g/mol. The molecule has 3 aromatic carbocycles. The molecule has 31 heavy (non-hydrogen) atoms. The lowest BCUT2D eigenvalue weighted by Gasteiger charge is -2.12. The maximum Gasteiger partial charge on any atom is 0.276 e. The van der Waals surface area contributed by atoms with E-state index in [1.54, 1.807) is 24.3 Å². The number of ether oxygens (including phenoxy) is 2. The van der Waals surface area contributed by atoms with Crippen LogP contribution in [0.4, 0.5) is 0 Å². The molecule has 0 bridgehead atoms. The smallest absolute Gasteiger partial charge is 0.276 e. The first kappa shape index (κ1) is 22.4. The van der Waals surface area contributed by atoms with Gasteiger partial charge in [0.05, 0.1) is 11.1 Å². The van der Waals surface area contributed by atoms with Crippen LogP contribution in [-0.4, -0.2) is 25.0 Å². The van der Waals surface area contributed by atoms with Gasteiger partial charge in [-0.15, -0.1) is 0 Å². The highest BCUT2D eigenvalue weighted by atomic mass is 79.9. The monoisotopic (exact) mass is 482 g/mol. The van der Waals surface area contributed by atoms with Gasteiger partial charge in [-0.2, -0.15) is 0 Å². The first-order valence-electron chi connectivity index (χ1n) is 9.77. The minimum Gasteiger partial charge on any atom is -0.492 e. The van der Waals surface area contributed by atoms with Crippen LogP contribution in [0.15, 0.2) is 77.3 Å². The molecule has 0 saturated carbocycles. The van der Waals surface area contributed by atoms with E-state index in [0.29, 0.717) is 28.1 Å². The summed E-state index contributed by atoms with van der Waals surface area (Å²) in [6, 6.07) is 22.4. The number of para-hydroxylation sites is 1. The summed E-state index contributed by atoms with van der Waals surface area (Å²) < 4.78 is 11.9. The Labute approximate surface area is 189 Å². The molecule has 0 aliphatic carbocycles. The fourth-order valence-electron chi connectivity index (χ4n) is 2.78. The Morgan fingerprint density at radius 3 is 2.35 bits per heavy atom. The second-order valence-electron chi connectivity index (χ2n) is 6.79. The molecule has 0 atom stereocenters. The van der Waals surface area contributed by atoms with Gasteiger partial charge in [-0.25, -0.2) is 0 Å². The van der Waals surface area contributed by atoms with Crippen LogP contribution in [0.25, 0.3) is 0 Å². The van der Waals surface area contributed by atoms with Crippen LogP contribution in [0.3, 0.4) is 0 Å². The van der Waals surface area contributed by atoms with E-state index >= 15 is 0 Å². The van der Waals surface area contributed by atoms with Crippen LogP contribution < -0.4 is 20.3 Å². The number of amides is 2. The van der Waals surface area contributed by atoms with Gasteiger partial charge >= 0.3 is 0 Å². The fourth-order valence-corrected chi connectivity index (χ4v) is 3.27. The summed E-state index contributed by atoms with van der Waals surface area (Å²) in [6.07, 6.45) is 0.784. The van der Waals surface area contributed by atoms with Crippen LogP contribution in [0, 0.1) is 6.92 Å². The van der Waals surface area contributed by atoms with Gasteiger partial charge in [-0.1, -0.05) is 48.5 Å². The van der Waals surface area contributed by atoms with E-state index in [1.165, 1.54) is 5.56 Å². The highest BCUT2D eigenvalue weighted by Crippen LogP contribution is 2.26. The number of aryl methyl sites for hydroxylation is 1. The third kappa shape index (κ3) is 6.86. The summed E-state index contributed by atoms with van der Waals surface area (Å²) >= 11 is 3.43. The summed E-state index contributed by atoms with van der Waals surface area (Å²) in [4.78, 5) is 24.3. The molecule has 3 rings (SSSR count). The third-order valence-corrected chi connectivity index (χ3v) is 5.07. The van der Waals surface area contributed by atoms with Gasteiger partial charge in [0.25, 0.3) is 11.8 Å². The highest BCUT2D eigenvalue weighted by Gasteiger charge is 2.11. The van der Waals surface area contributed by atoms with Crippen molar-refractivity contribution in [2.24, 2.45) is 0 Å². The minimum absolute atomic E-state index is 0.205. The number of halogens is 1. The molecule has 0 spiro atoms. The number of hydrogen-bond donors (Lipinski definition) is 2. The summed E-state index contributed by atoms with van der Waals surface area (Å²) in [7, 11) is 0. The van der Waals surface area contributed by atoms with E-state index < -0.39 is 11.8 Å². The number of benzene rings is 3. The number of hydrogen-bond acceptors (Lipinski definition) is 4. The molecule has 0 unspecified atom stereocenters. The number of carbonyl (C=O) groups is 2. The molecule has 0 aliphatic heterocycles. The number of carbonyl (C=O) groups excluding carboxylic acids is 2. The molecule has 160 valence electrons. The lowest BCUT2D eigenvalue weighted by atomic mass is 10.2. The topological polar surface area (TPSA) is 76.7 Å². The summed E-state index contributed by atoms with van der Waals surface area (Å²) in [5.74, 6) is 0.358. The largest absolute Gasteiger partial charge is 0.492 e. The van der Waals surface area contributed by atoms with E-state index in [0.717, 1.165) is 12.0 Å². The number of rotatable bonds is 8. The molecule has 0 aliphatic rings. The van der Waals surface area contributed by atoms with Crippen molar-refractivity contribution < 1.29 is 19.1 Å². The van der Waals surface area contributed by atoms with Crippen LogP contribution in [0.5, 0.6) is 11.5 Å². The van der Waals surface area contributed by atoms with Crippen LogP contribution in [-0.2, 0) is 11.2 Å². The highest BCUT2D eigenvalue weighted by molar-refractivity contribution is 9.10. The van der Waals surface area contributed by atoms with Gasteiger partial charge in [0, 0.05) is 12.0 Å². The van der Waals surface area contributed by atoms with E-state index in [4.69, 9.17) is 9.47 Å². The second kappa shape index (κ2) is 11.2. The van der Waals surface area contributed by atoms with Gasteiger partial charge in [-0.3, -0.25) is 20.4 Å². The second-order valence-corrected chi connectivity index (χ2v) is 7.64. The molecule has 0 aromatic heterocycles. The predicted molar refractivity (Wildman–Crippen MR) is 122 cm³/mol. The zero-order valence-electron chi connectivity index (χ0n) is 17.1. The average Bonchev–Trinajstić information content (AvgIpc) is 2.78. The molecule has 0 saturated heterocycles. The molecule has 2 N–H and O–H groups in total. The summed E-state index contributed by atoms with van der Waals surface area (Å²) in [5, 5.41) is 0. The fraction of sp³-hybridized carbons (Fsp3) is 0.167. The van der Waals surface area contributed by atoms with Crippen molar-refractivity contribution in [3.63, 3.8) is 0 Å². The van der Waals surface area contributed by atoms with Gasteiger partial charge in [0.2, 0.25) is 0 Å². The lowest BCUT2D eigenvalue weighted by Crippen LogP contribution is -2.43. The number of hydrazine groups is 1. The molecule has 0 heterocycles. The van der Waals surface area contributed by atoms with Crippen LogP contribution in [0.1, 0.15) is 21.5 Å². The quantitative estimate of drug-likeness (QED) is 0.471. The van der Waals surface area contributed by atoms with Crippen molar-refractivity contribution >= 4 is 27.7 Å². The van der Waals surface area contributed by atoms with Crippen LogP contribution >= 0.6 is 15.9 Å². The minimum atomic E-state index is -0.462. The van der Waals surface area contributed by atoms with Crippen molar-refractivity contribution in [1.82, 2.24) is 10.9 Å². The van der Waals surface area contributed by atoms with Crippen molar-refractivity contribution in [3.8, 4) is 11.5 Å². The van der Waals surface area contributed by atoms with Crippen molar-refractivity contribution in [2.75, 3.05) is 13.2 Å².